The highest BCUT2D eigenvalue weighted by molar-refractivity contribution is 5.83. The lowest BCUT2D eigenvalue weighted by Crippen LogP contribution is -2.37. The molecule has 3 heterocycles. The van der Waals surface area contributed by atoms with E-state index < -0.39 is 0 Å². The molecule has 3 nitrogen and oxygen atoms in total. The van der Waals surface area contributed by atoms with Gasteiger partial charge in [-0.25, -0.2) is 0 Å². The zero-order chi connectivity index (χ0) is 16.2. The Morgan fingerprint density at radius 1 is 0.917 bits per heavy atom. The van der Waals surface area contributed by atoms with Gasteiger partial charge in [-0.15, -0.1) is 0 Å². The molecule has 0 amide bonds. The SMILES string of the molecule is c1ccc2c(C3CCCN(CCCN4CCCCC4)C3)c[nH]c2c1. The molecule has 2 saturated heterocycles. The molecule has 24 heavy (non-hydrogen) atoms. The van der Waals surface area contributed by atoms with Crippen LogP contribution in [-0.4, -0.2) is 54.1 Å². The highest BCUT2D eigenvalue weighted by atomic mass is 15.2. The van der Waals surface area contributed by atoms with Crippen molar-refractivity contribution < 1.29 is 0 Å². The topological polar surface area (TPSA) is 22.3 Å². The van der Waals surface area contributed by atoms with Gasteiger partial charge in [-0.3, -0.25) is 0 Å². The number of H-pyrrole nitrogens is 1. The normalized spacial score (nSPS) is 23.8. The molecule has 0 radical (unpaired) electrons. The minimum atomic E-state index is 0.699. The summed E-state index contributed by atoms with van der Waals surface area (Å²) in [5.74, 6) is 0.699. The van der Waals surface area contributed by atoms with E-state index in [1.165, 1.54) is 94.3 Å². The van der Waals surface area contributed by atoms with Crippen LogP contribution in [0.2, 0.25) is 0 Å². The number of nitrogens with one attached hydrogen (secondary N) is 1. The molecule has 0 saturated carbocycles. The lowest BCUT2D eigenvalue weighted by Gasteiger charge is -2.33. The first-order chi connectivity index (χ1) is 11.9. The van der Waals surface area contributed by atoms with Crippen LogP contribution in [0.1, 0.15) is 50.0 Å². The number of fused-ring (bicyclic) bond motifs is 1. The van der Waals surface area contributed by atoms with Gasteiger partial charge >= 0.3 is 0 Å². The Morgan fingerprint density at radius 2 is 1.71 bits per heavy atom. The van der Waals surface area contributed by atoms with Crippen molar-refractivity contribution >= 4 is 10.9 Å². The molecule has 1 unspecified atom stereocenters. The van der Waals surface area contributed by atoms with Gasteiger partial charge in [0.1, 0.15) is 0 Å². The van der Waals surface area contributed by atoms with Crippen LogP contribution in [0.4, 0.5) is 0 Å². The third-order valence-corrected chi connectivity index (χ3v) is 5.96. The second-order valence-electron chi connectivity index (χ2n) is 7.69. The number of benzene rings is 1. The van der Waals surface area contributed by atoms with Gasteiger partial charge in [-0.2, -0.15) is 0 Å². The van der Waals surface area contributed by atoms with Gasteiger partial charge < -0.3 is 14.8 Å². The quantitative estimate of drug-likeness (QED) is 0.889. The highest BCUT2D eigenvalue weighted by Crippen LogP contribution is 2.32. The van der Waals surface area contributed by atoms with Crippen molar-refractivity contribution in [2.24, 2.45) is 0 Å². The van der Waals surface area contributed by atoms with Gasteiger partial charge in [0.05, 0.1) is 0 Å². The number of nitrogens with zero attached hydrogens (tertiary/aromatic N) is 2. The van der Waals surface area contributed by atoms with E-state index in [9.17, 15) is 0 Å². The third kappa shape index (κ3) is 3.68. The van der Waals surface area contributed by atoms with Crippen LogP contribution < -0.4 is 0 Å². The fraction of sp³-hybridized carbons (Fsp3) is 0.619. The van der Waals surface area contributed by atoms with E-state index in [2.05, 4.69) is 45.2 Å². The van der Waals surface area contributed by atoms with E-state index in [1.807, 2.05) is 0 Å². The Labute approximate surface area is 146 Å². The molecule has 4 rings (SSSR count). The highest BCUT2D eigenvalue weighted by Gasteiger charge is 2.23. The number of aromatic amines is 1. The molecule has 0 bridgehead atoms. The maximum atomic E-state index is 3.46. The minimum absolute atomic E-state index is 0.699. The summed E-state index contributed by atoms with van der Waals surface area (Å²) in [6.07, 6.45) is 10.5. The fourth-order valence-corrected chi connectivity index (χ4v) is 4.65. The maximum Gasteiger partial charge on any atom is 0.0456 e. The predicted octanol–water partition coefficient (Wildman–Crippen LogP) is 4.22. The molecule has 2 fully saturated rings. The van der Waals surface area contributed by atoms with Crippen LogP contribution in [0, 0.1) is 0 Å². The van der Waals surface area contributed by atoms with E-state index in [-0.39, 0.29) is 0 Å². The first-order valence-electron chi connectivity index (χ1n) is 9.91. The number of likely N-dealkylation sites (tertiary alicyclic amines) is 2. The van der Waals surface area contributed by atoms with Crippen molar-refractivity contribution in [2.75, 3.05) is 39.3 Å². The van der Waals surface area contributed by atoms with Crippen molar-refractivity contribution in [3.63, 3.8) is 0 Å². The zero-order valence-electron chi connectivity index (χ0n) is 14.8. The standard InChI is InChI=1S/C21H31N3/c1-4-11-23(12-5-1)14-7-15-24-13-6-8-18(17-24)20-16-22-21-10-3-2-9-19(20)21/h2-3,9-10,16,18,22H,1,4-8,11-15,17H2. The van der Waals surface area contributed by atoms with Crippen LogP contribution in [-0.2, 0) is 0 Å². The Morgan fingerprint density at radius 3 is 2.62 bits per heavy atom. The average molecular weight is 326 g/mol. The Hall–Kier alpha value is -1.32. The van der Waals surface area contributed by atoms with Crippen LogP contribution in [0.5, 0.6) is 0 Å². The van der Waals surface area contributed by atoms with Gasteiger partial charge in [0, 0.05) is 23.6 Å². The largest absolute Gasteiger partial charge is 0.361 e. The van der Waals surface area contributed by atoms with Gasteiger partial charge in [0.25, 0.3) is 0 Å². The van der Waals surface area contributed by atoms with E-state index in [4.69, 9.17) is 0 Å². The first kappa shape index (κ1) is 16.2. The van der Waals surface area contributed by atoms with Gasteiger partial charge in [-0.1, -0.05) is 24.6 Å². The number of hydrogen-bond donors (Lipinski definition) is 1. The molecule has 0 aliphatic carbocycles. The lowest BCUT2D eigenvalue weighted by atomic mass is 9.90. The number of piperidine rings is 2. The zero-order valence-corrected chi connectivity index (χ0v) is 14.8. The van der Waals surface area contributed by atoms with Crippen LogP contribution in [0.3, 0.4) is 0 Å². The van der Waals surface area contributed by atoms with Crippen molar-refractivity contribution in [2.45, 2.75) is 44.4 Å². The van der Waals surface area contributed by atoms with Crippen LogP contribution >= 0.6 is 0 Å². The average Bonchev–Trinajstić information content (AvgIpc) is 3.07. The molecule has 2 aromatic rings. The molecule has 1 aromatic carbocycles. The molecule has 1 N–H and O–H groups in total. The summed E-state index contributed by atoms with van der Waals surface area (Å²) in [5, 5.41) is 1.43. The Kier molecular flexibility index (Phi) is 5.19. The first-order valence-corrected chi connectivity index (χ1v) is 9.91. The number of para-hydroxylation sites is 1. The maximum absolute atomic E-state index is 3.46. The van der Waals surface area contributed by atoms with E-state index >= 15 is 0 Å². The Balaban J connectivity index is 1.32. The summed E-state index contributed by atoms with van der Waals surface area (Å²) >= 11 is 0. The molecule has 2 aliphatic heterocycles. The molecule has 1 atom stereocenters. The minimum Gasteiger partial charge on any atom is -0.361 e. The van der Waals surface area contributed by atoms with Crippen molar-refractivity contribution in [3.8, 4) is 0 Å². The van der Waals surface area contributed by atoms with Crippen LogP contribution in [0.25, 0.3) is 10.9 Å². The smallest absolute Gasteiger partial charge is 0.0456 e. The number of rotatable bonds is 5. The van der Waals surface area contributed by atoms with Crippen molar-refractivity contribution in [3.05, 3.63) is 36.0 Å². The summed E-state index contributed by atoms with van der Waals surface area (Å²) < 4.78 is 0. The second kappa shape index (κ2) is 7.71. The van der Waals surface area contributed by atoms with Crippen LogP contribution in [0.15, 0.2) is 30.5 Å². The van der Waals surface area contributed by atoms with Gasteiger partial charge in [-0.05, 0) is 82.4 Å². The molecule has 3 heteroatoms. The summed E-state index contributed by atoms with van der Waals surface area (Å²) in [6.45, 7) is 7.76. The molecule has 1 aromatic heterocycles. The molecular formula is C21H31N3. The van der Waals surface area contributed by atoms with Gasteiger partial charge in [0.2, 0.25) is 0 Å². The summed E-state index contributed by atoms with van der Waals surface area (Å²) in [4.78, 5) is 8.84. The van der Waals surface area contributed by atoms with Crippen molar-refractivity contribution in [1.29, 1.82) is 0 Å². The monoisotopic (exact) mass is 325 g/mol. The molecular weight excluding hydrogens is 294 g/mol. The second-order valence-corrected chi connectivity index (χ2v) is 7.69. The fourth-order valence-electron chi connectivity index (χ4n) is 4.65. The molecule has 130 valence electrons. The number of aromatic nitrogens is 1. The number of hydrogen-bond acceptors (Lipinski definition) is 2. The summed E-state index contributed by atoms with van der Waals surface area (Å²) in [5.41, 5.74) is 2.82. The van der Waals surface area contributed by atoms with Crippen molar-refractivity contribution in [1.82, 2.24) is 14.8 Å². The van der Waals surface area contributed by atoms with Gasteiger partial charge in [0.15, 0.2) is 0 Å². The predicted molar refractivity (Wildman–Crippen MR) is 102 cm³/mol. The van der Waals surface area contributed by atoms with E-state index in [0.29, 0.717) is 5.92 Å². The third-order valence-electron chi connectivity index (χ3n) is 5.96. The van der Waals surface area contributed by atoms with E-state index in [1.54, 1.807) is 0 Å². The summed E-state index contributed by atoms with van der Waals surface area (Å²) in [6, 6.07) is 8.75. The van der Waals surface area contributed by atoms with E-state index in [0.717, 1.165) is 0 Å². The lowest BCUT2D eigenvalue weighted by molar-refractivity contribution is 0.178. The Bertz CT molecular complexity index is 641. The molecule has 2 aliphatic rings. The molecule has 0 spiro atoms. The summed E-state index contributed by atoms with van der Waals surface area (Å²) in [7, 11) is 0.